The Kier molecular flexibility index (Phi) is 1.48. The maximum absolute atomic E-state index is 10.9. The first-order chi connectivity index (χ1) is 5.36. The molecule has 11 heavy (non-hydrogen) atoms. The summed E-state index contributed by atoms with van der Waals surface area (Å²) >= 11 is 0. The van der Waals surface area contributed by atoms with Crippen molar-refractivity contribution in [2.24, 2.45) is 0 Å². The van der Waals surface area contributed by atoms with Gasteiger partial charge in [-0.1, -0.05) is 20.3 Å². The topological polar surface area (TPSA) is 32.9 Å². The van der Waals surface area contributed by atoms with E-state index < -0.39 is 0 Å². The average Bonchev–Trinajstić information content (AvgIpc) is 2.04. The summed E-state index contributed by atoms with van der Waals surface area (Å²) in [7, 11) is 0.988. The van der Waals surface area contributed by atoms with Crippen LogP contribution in [0.25, 0.3) is 10.6 Å². The molecule has 54 valence electrons. The van der Waals surface area contributed by atoms with E-state index in [4.69, 9.17) is 0 Å². The molecule has 3 heteroatoms. The Hall–Kier alpha value is -1.14. The lowest BCUT2D eigenvalue weighted by Gasteiger charge is -1.92. The van der Waals surface area contributed by atoms with E-state index in [-0.39, 0.29) is 5.56 Å². The van der Waals surface area contributed by atoms with Crippen molar-refractivity contribution >= 4 is 18.8 Å². The molecule has 0 amide bonds. The van der Waals surface area contributed by atoms with Crippen molar-refractivity contribution in [2.75, 3.05) is 0 Å². The monoisotopic (exact) mass is 163 g/mol. The second-order valence-corrected chi connectivity index (χ2v) is 3.26. The molecule has 0 atom stereocenters. The summed E-state index contributed by atoms with van der Waals surface area (Å²) in [6.45, 7) is 0. The zero-order valence-electron chi connectivity index (χ0n) is 5.74. The van der Waals surface area contributed by atoms with Crippen molar-refractivity contribution < 1.29 is 0 Å². The summed E-state index contributed by atoms with van der Waals surface area (Å²) in [6, 6.07) is 7.80. The maximum atomic E-state index is 10.9. The largest absolute Gasteiger partial charge is 0.321 e. The van der Waals surface area contributed by atoms with Crippen LogP contribution in [0.3, 0.4) is 0 Å². The minimum absolute atomic E-state index is 0.00892. The van der Waals surface area contributed by atoms with Crippen LogP contribution in [0, 0.1) is 0 Å². The van der Waals surface area contributed by atoms with Crippen molar-refractivity contribution in [1.29, 1.82) is 0 Å². The molecule has 0 aliphatic heterocycles. The molecular weight excluding hydrogens is 157 g/mol. The molecule has 0 saturated heterocycles. The molecule has 0 unspecified atom stereocenters. The van der Waals surface area contributed by atoms with Crippen LogP contribution in [0.15, 0.2) is 34.9 Å². The molecule has 1 heterocycles. The predicted octanol–water partition coefficient (Wildman–Crippen LogP) is 2.11. The Bertz CT molecular complexity index is 435. The van der Waals surface area contributed by atoms with Crippen LogP contribution in [0.2, 0.25) is 0 Å². The van der Waals surface area contributed by atoms with Gasteiger partial charge in [0.25, 0.3) is 5.56 Å². The van der Waals surface area contributed by atoms with Gasteiger partial charge in [0.2, 0.25) is 0 Å². The minimum atomic E-state index is -0.00892. The molecule has 1 aromatic carbocycles. The van der Waals surface area contributed by atoms with Crippen molar-refractivity contribution in [3.63, 3.8) is 0 Å². The first kappa shape index (κ1) is 6.56. The lowest BCUT2D eigenvalue weighted by atomic mass is 10.3. The summed E-state index contributed by atoms with van der Waals surface area (Å²) in [5.74, 6) is 1.63. The molecule has 2 aromatic rings. The maximum Gasteiger partial charge on any atom is 0.253 e. The van der Waals surface area contributed by atoms with Gasteiger partial charge in [-0.15, -0.1) is 0 Å². The molecule has 1 aromatic heterocycles. The second kappa shape index (κ2) is 2.48. The Morgan fingerprint density at radius 3 is 3.00 bits per heavy atom. The number of benzene rings is 1. The number of rotatable bonds is 0. The highest BCUT2D eigenvalue weighted by Gasteiger charge is 1.90. The minimum Gasteiger partial charge on any atom is -0.321 e. The van der Waals surface area contributed by atoms with E-state index >= 15 is 0 Å². The summed E-state index contributed by atoms with van der Waals surface area (Å²) in [5, 5.41) is 1.16. The molecule has 0 saturated carbocycles. The first-order valence-corrected chi connectivity index (χ1v) is 4.27. The number of fused-ring (bicyclic) bond motifs is 1. The fraction of sp³-hybridized carbons (Fsp3) is 0. The van der Waals surface area contributed by atoms with E-state index in [1.807, 2.05) is 24.3 Å². The molecule has 0 radical (unpaired) electrons. The molecule has 2 nitrogen and oxygen atoms in total. The van der Waals surface area contributed by atoms with E-state index in [0.717, 1.165) is 18.8 Å². The van der Waals surface area contributed by atoms with Crippen LogP contribution in [-0.2, 0) is 0 Å². The van der Waals surface area contributed by atoms with E-state index in [2.05, 4.69) is 4.98 Å². The van der Waals surface area contributed by atoms with Crippen LogP contribution in [0.5, 0.6) is 0 Å². The molecule has 0 spiro atoms. The van der Waals surface area contributed by atoms with Crippen molar-refractivity contribution in [1.82, 2.24) is 4.98 Å². The fourth-order valence-corrected chi connectivity index (χ4v) is 1.75. The van der Waals surface area contributed by atoms with Gasteiger partial charge in [0.15, 0.2) is 0 Å². The van der Waals surface area contributed by atoms with Crippen LogP contribution >= 0.6 is 8.19 Å². The molecule has 0 aliphatic carbocycles. The van der Waals surface area contributed by atoms with Crippen LogP contribution < -0.4 is 5.56 Å². The van der Waals surface area contributed by atoms with Crippen LogP contribution in [-0.4, -0.2) is 4.98 Å². The summed E-state index contributed by atoms with van der Waals surface area (Å²) in [5.41, 5.74) is 0.923. The Labute approximate surface area is 65.0 Å². The summed E-state index contributed by atoms with van der Waals surface area (Å²) in [6.07, 6.45) is 0. The van der Waals surface area contributed by atoms with Gasteiger partial charge in [-0.05, 0) is 12.1 Å². The number of aromatic nitrogens is 1. The number of hydrogen-bond acceptors (Lipinski definition) is 1. The number of H-pyrrole nitrogens is 1. The highest BCUT2D eigenvalue weighted by Crippen LogP contribution is 2.16. The van der Waals surface area contributed by atoms with Gasteiger partial charge < -0.3 is 4.98 Å². The third kappa shape index (κ3) is 1.17. The molecule has 0 fully saturated rings. The van der Waals surface area contributed by atoms with E-state index in [1.54, 1.807) is 5.80 Å². The van der Waals surface area contributed by atoms with Gasteiger partial charge >= 0.3 is 0 Å². The van der Waals surface area contributed by atoms with E-state index in [1.165, 1.54) is 0 Å². The molecule has 1 N–H and O–H groups in total. The molecule has 2 rings (SSSR count). The van der Waals surface area contributed by atoms with E-state index in [9.17, 15) is 4.79 Å². The first-order valence-electron chi connectivity index (χ1n) is 3.30. The normalized spacial score (nSPS) is 10.9. The lowest BCUT2D eigenvalue weighted by molar-refractivity contribution is 1.33. The lowest BCUT2D eigenvalue weighted by Crippen LogP contribution is -1.99. The third-order valence-electron chi connectivity index (χ3n) is 1.48. The van der Waals surface area contributed by atoms with Gasteiger partial charge in [0.1, 0.15) is 0 Å². The van der Waals surface area contributed by atoms with Crippen LogP contribution in [0.4, 0.5) is 0 Å². The Morgan fingerprint density at radius 1 is 1.27 bits per heavy atom. The van der Waals surface area contributed by atoms with Crippen LogP contribution in [0.1, 0.15) is 0 Å². The average molecular weight is 163 g/mol. The van der Waals surface area contributed by atoms with Gasteiger partial charge in [-0.3, -0.25) is 4.79 Å². The Morgan fingerprint density at radius 2 is 2.09 bits per heavy atom. The SMILES string of the molecule is O=c1cpc2ccccc2[nH]1. The Balaban J connectivity index is 2.94. The van der Waals surface area contributed by atoms with Crippen molar-refractivity contribution in [2.45, 2.75) is 0 Å². The van der Waals surface area contributed by atoms with Crippen molar-refractivity contribution in [3.05, 3.63) is 40.4 Å². The molecule has 0 bridgehead atoms. The highest BCUT2D eigenvalue weighted by molar-refractivity contribution is 7.35. The fourth-order valence-electron chi connectivity index (χ4n) is 0.985. The third-order valence-corrected chi connectivity index (χ3v) is 2.51. The predicted molar refractivity (Wildman–Crippen MR) is 47.1 cm³/mol. The van der Waals surface area contributed by atoms with Crippen molar-refractivity contribution in [3.8, 4) is 0 Å². The number of aromatic amines is 1. The van der Waals surface area contributed by atoms with Gasteiger partial charge in [-0.25, -0.2) is 0 Å². The van der Waals surface area contributed by atoms with Gasteiger partial charge in [-0.2, -0.15) is 0 Å². The number of para-hydroxylation sites is 1. The number of nitrogens with one attached hydrogen (secondary N) is 1. The second-order valence-electron chi connectivity index (χ2n) is 2.26. The highest BCUT2D eigenvalue weighted by atomic mass is 31.0. The zero-order chi connectivity index (χ0) is 7.68. The quantitative estimate of drug-likeness (QED) is 0.633. The molecular formula is C8H6NOP. The van der Waals surface area contributed by atoms with E-state index in [0.29, 0.717) is 0 Å². The summed E-state index contributed by atoms with van der Waals surface area (Å²) in [4.78, 5) is 13.6. The zero-order valence-corrected chi connectivity index (χ0v) is 6.64. The van der Waals surface area contributed by atoms with Gasteiger partial charge in [0, 0.05) is 10.9 Å². The standard InChI is InChI=1S/C8H6NOP/c10-8-5-11-7-4-2-1-3-6(7)9-8/h1-5H,(H,9,10). The molecule has 0 aliphatic rings. The van der Waals surface area contributed by atoms with Gasteiger partial charge in [0.05, 0.1) is 5.52 Å². The smallest absolute Gasteiger partial charge is 0.253 e. The summed E-state index contributed by atoms with van der Waals surface area (Å²) < 4.78 is 0. The number of hydrogen-bond donors (Lipinski definition) is 1.